The maximum absolute atomic E-state index is 13.5. The van der Waals surface area contributed by atoms with Crippen molar-refractivity contribution in [3.63, 3.8) is 0 Å². The number of carbonyl (C=O) groups excluding carboxylic acids is 4. The van der Waals surface area contributed by atoms with Gasteiger partial charge in [-0.3, -0.25) is 9.59 Å². The van der Waals surface area contributed by atoms with Gasteiger partial charge in [-0.05, 0) is 48.6 Å². The van der Waals surface area contributed by atoms with Gasteiger partial charge in [0.2, 0.25) is 17.7 Å². The summed E-state index contributed by atoms with van der Waals surface area (Å²) in [5, 5.41) is 5.36. The molecule has 2 aromatic heterocycles. The molecule has 0 unspecified atom stereocenters. The average molecular weight is 740 g/mol. The lowest BCUT2D eigenvalue weighted by atomic mass is 10.0. The molecule has 4 heterocycles. The molecule has 0 aliphatic carbocycles. The normalized spacial score (nSPS) is 18.1. The fourth-order valence-electron chi connectivity index (χ4n) is 7.27. The van der Waals surface area contributed by atoms with Gasteiger partial charge >= 0.3 is 12.2 Å². The van der Waals surface area contributed by atoms with Gasteiger partial charge in [-0.15, -0.1) is 0 Å². The molecule has 4 atom stereocenters. The number of amides is 4. The molecule has 0 spiro atoms. The van der Waals surface area contributed by atoms with Crippen LogP contribution in [0.25, 0.3) is 33.8 Å². The Balaban J connectivity index is 1.11. The number of benzene rings is 2. The maximum Gasteiger partial charge on any atom is 0.407 e. The second-order valence-electron chi connectivity index (χ2n) is 14.5. The van der Waals surface area contributed by atoms with Crippen molar-refractivity contribution in [2.24, 2.45) is 11.8 Å². The SMILES string of the molecule is COC(=O)N[C@H](C(=O)N1CCC[C@H]1c1cnc(-c2ccc(-c3ccc(-c4cnc([C@@H]5CCCN5C(=O)[C@@H](NC(=O)OC)C(C)C)o4)cc3)cc2)[nH]1)C(C)C. The van der Waals surface area contributed by atoms with Crippen LogP contribution in [-0.4, -0.2) is 88.1 Å². The molecule has 286 valence electrons. The first-order chi connectivity index (χ1) is 26.0. The highest BCUT2D eigenvalue weighted by Gasteiger charge is 2.39. The van der Waals surface area contributed by atoms with Gasteiger partial charge in [0.15, 0.2) is 5.76 Å². The fraction of sp³-hybridized carbons (Fsp3) is 0.450. The van der Waals surface area contributed by atoms with Crippen molar-refractivity contribution < 1.29 is 33.1 Å². The van der Waals surface area contributed by atoms with E-state index in [1.807, 2.05) is 81.1 Å². The van der Waals surface area contributed by atoms with Crippen molar-refractivity contribution in [1.82, 2.24) is 35.4 Å². The summed E-state index contributed by atoms with van der Waals surface area (Å²) in [5.74, 6) is 1.25. The van der Waals surface area contributed by atoms with Gasteiger partial charge in [-0.2, -0.15) is 0 Å². The van der Waals surface area contributed by atoms with Crippen LogP contribution < -0.4 is 10.6 Å². The van der Waals surface area contributed by atoms with Crippen molar-refractivity contribution >= 4 is 24.0 Å². The summed E-state index contributed by atoms with van der Waals surface area (Å²) < 4.78 is 15.7. The number of nitrogens with zero attached hydrogens (tertiary/aromatic N) is 4. The highest BCUT2D eigenvalue weighted by atomic mass is 16.5. The van der Waals surface area contributed by atoms with E-state index < -0.39 is 24.3 Å². The molecular weight excluding hydrogens is 690 g/mol. The molecule has 0 saturated carbocycles. The standard InChI is InChI=1S/C40H49N7O7/c1-23(2)33(44-39(50)52-5)37(48)46-19-7-9-30(46)29-21-41-35(43-29)28-17-13-26(14-18-28)25-11-15-27(16-12-25)32-22-42-36(54-32)31-10-8-20-47(31)38(49)34(24(3)4)45-40(51)53-6/h11-18,21-24,30-31,33-34H,7-10,19-20H2,1-6H3,(H,41,43)(H,44,50)(H,45,51)/t30-,31-,33-,34-/m0/s1. The molecule has 4 amide bonds. The first-order valence-electron chi connectivity index (χ1n) is 18.5. The fourth-order valence-corrected chi connectivity index (χ4v) is 7.27. The van der Waals surface area contributed by atoms with Gasteiger partial charge in [0.1, 0.15) is 23.9 Å². The van der Waals surface area contributed by atoms with Gasteiger partial charge in [-0.25, -0.2) is 19.6 Å². The van der Waals surface area contributed by atoms with E-state index in [9.17, 15) is 19.2 Å². The van der Waals surface area contributed by atoms with Gasteiger partial charge in [-0.1, -0.05) is 76.2 Å². The Morgan fingerprint density at radius 1 is 0.704 bits per heavy atom. The van der Waals surface area contributed by atoms with Crippen molar-refractivity contribution in [2.75, 3.05) is 27.3 Å². The lowest BCUT2D eigenvalue weighted by Gasteiger charge is -2.30. The number of imidazole rings is 1. The molecule has 0 bridgehead atoms. The third kappa shape index (κ3) is 8.12. The van der Waals surface area contributed by atoms with E-state index in [0.29, 0.717) is 30.6 Å². The molecule has 3 N–H and O–H groups in total. The van der Waals surface area contributed by atoms with Crippen LogP contribution in [0.4, 0.5) is 9.59 Å². The van der Waals surface area contributed by atoms with Gasteiger partial charge in [0.05, 0.1) is 38.3 Å². The van der Waals surface area contributed by atoms with Crippen LogP contribution in [0.15, 0.2) is 65.3 Å². The lowest BCUT2D eigenvalue weighted by Crippen LogP contribution is -2.51. The summed E-state index contributed by atoms with van der Waals surface area (Å²) in [4.78, 5) is 67.1. The van der Waals surface area contributed by atoms with Crippen LogP contribution in [0.5, 0.6) is 0 Å². The molecule has 2 aliphatic rings. The molecule has 14 nitrogen and oxygen atoms in total. The summed E-state index contributed by atoms with van der Waals surface area (Å²) in [6.07, 6.45) is 5.40. The number of rotatable bonds is 11. The summed E-state index contributed by atoms with van der Waals surface area (Å²) in [5.41, 5.74) is 4.69. The number of aromatic amines is 1. The van der Waals surface area contributed by atoms with E-state index >= 15 is 0 Å². The Kier molecular flexibility index (Phi) is 11.7. The Bertz CT molecular complexity index is 1800. The van der Waals surface area contributed by atoms with Crippen molar-refractivity contribution in [1.29, 1.82) is 0 Å². The molecule has 6 rings (SSSR count). The molecule has 2 aromatic carbocycles. The van der Waals surface area contributed by atoms with E-state index in [1.54, 1.807) is 17.3 Å². The number of hydrogen-bond acceptors (Lipinski definition) is 9. The van der Waals surface area contributed by atoms with Gasteiger partial charge in [0, 0.05) is 24.2 Å². The zero-order valence-corrected chi connectivity index (χ0v) is 31.6. The van der Waals surface area contributed by atoms with E-state index in [2.05, 4.69) is 25.6 Å². The van der Waals surface area contributed by atoms with Gasteiger partial charge < -0.3 is 39.3 Å². The Hall–Kier alpha value is -5.66. The van der Waals surface area contributed by atoms with Crippen LogP contribution in [0, 0.1) is 11.8 Å². The predicted molar refractivity (Wildman–Crippen MR) is 201 cm³/mol. The molecule has 14 heteroatoms. The molecule has 2 fully saturated rings. The van der Waals surface area contributed by atoms with Crippen LogP contribution in [0.3, 0.4) is 0 Å². The van der Waals surface area contributed by atoms with E-state index in [1.165, 1.54) is 14.2 Å². The minimum absolute atomic E-state index is 0.102. The van der Waals surface area contributed by atoms with E-state index in [-0.39, 0.29) is 35.7 Å². The highest BCUT2D eigenvalue weighted by Crippen LogP contribution is 2.36. The minimum atomic E-state index is -0.715. The number of methoxy groups -OCH3 is 2. The number of hydrogen-bond donors (Lipinski definition) is 3. The quantitative estimate of drug-likeness (QED) is 0.156. The predicted octanol–water partition coefficient (Wildman–Crippen LogP) is 6.49. The van der Waals surface area contributed by atoms with Crippen molar-refractivity contribution in [3.8, 4) is 33.8 Å². The molecule has 2 aliphatic heterocycles. The Morgan fingerprint density at radius 3 is 1.70 bits per heavy atom. The topological polar surface area (TPSA) is 172 Å². The second kappa shape index (κ2) is 16.6. The number of nitrogens with one attached hydrogen (secondary N) is 3. The van der Waals surface area contributed by atoms with E-state index in [4.69, 9.17) is 13.9 Å². The Labute approximate surface area is 315 Å². The highest BCUT2D eigenvalue weighted by molar-refractivity contribution is 5.87. The number of carbonyl (C=O) groups is 4. The zero-order chi connectivity index (χ0) is 38.5. The van der Waals surface area contributed by atoms with Gasteiger partial charge in [0.25, 0.3) is 0 Å². The largest absolute Gasteiger partial charge is 0.453 e. The maximum atomic E-state index is 13.5. The summed E-state index contributed by atoms with van der Waals surface area (Å²) in [6, 6.07) is 14.3. The molecule has 4 aromatic rings. The first kappa shape index (κ1) is 38.1. The second-order valence-corrected chi connectivity index (χ2v) is 14.5. The monoisotopic (exact) mass is 739 g/mol. The number of aromatic nitrogens is 3. The molecule has 0 radical (unpaired) electrons. The van der Waals surface area contributed by atoms with Crippen molar-refractivity contribution in [2.45, 2.75) is 77.5 Å². The average Bonchev–Trinajstić information content (AvgIpc) is 4.02. The van der Waals surface area contributed by atoms with Crippen LogP contribution in [-0.2, 0) is 19.1 Å². The number of alkyl carbamates (subject to hydrolysis) is 2. The molecular formula is C40H49N7O7. The minimum Gasteiger partial charge on any atom is -0.453 e. The molecule has 54 heavy (non-hydrogen) atoms. The van der Waals surface area contributed by atoms with Crippen molar-refractivity contribution in [3.05, 3.63) is 72.5 Å². The summed E-state index contributed by atoms with van der Waals surface area (Å²) in [7, 11) is 2.57. The Morgan fingerprint density at radius 2 is 1.19 bits per heavy atom. The molecule has 2 saturated heterocycles. The first-order valence-corrected chi connectivity index (χ1v) is 18.5. The number of oxazole rings is 1. The smallest absolute Gasteiger partial charge is 0.407 e. The van der Waals surface area contributed by atoms with Crippen LogP contribution >= 0.6 is 0 Å². The third-order valence-electron chi connectivity index (χ3n) is 10.3. The number of likely N-dealkylation sites (tertiary alicyclic amines) is 2. The number of H-pyrrole nitrogens is 1. The summed E-state index contributed by atoms with van der Waals surface area (Å²) >= 11 is 0. The third-order valence-corrected chi connectivity index (χ3v) is 10.3. The zero-order valence-electron chi connectivity index (χ0n) is 31.6. The van der Waals surface area contributed by atoms with E-state index in [0.717, 1.165) is 53.6 Å². The lowest BCUT2D eigenvalue weighted by molar-refractivity contribution is -0.136. The summed E-state index contributed by atoms with van der Waals surface area (Å²) in [6.45, 7) is 8.72. The number of ether oxygens (including phenoxy) is 2. The van der Waals surface area contributed by atoms with Crippen LogP contribution in [0.1, 0.15) is 77.0 Å². The van der Waals surface area contributed by atoms with Crippen LogP contribution in [0.2, 0.25) is 0 Å².